The van der Waals surface area contributed by atoms with E-state index in [1.165, 1.54) is 0 Å². The fourth-order valence-corrected chi connectivity index (χ4v) is 3.15. The third-order valence-electron chi connectivity index (χ3n) is 4.15. The number of likely N-dealkylation sites (N-methyl/N-ethyl adjacent to an activating group) is 1. The van der Waals surface area contributed by atoms with E-state index in [2.05, 4.69) is 23.4 Å². The van der Waals surface area contributed by atoms with Crippen LogP contribution in [0.3, 0.4) is 0 Å². The average Bonchev–Trinajstić information content (AvgIpc) is 2.95. The van der Waals surface area contributed by atoms with Gasteiger partial charge in [0, 0.05) is 19.0 Å². The topological polar surface area (TPSA) is 86.3 Å². The van der Waals surface area contributed by atoms with Gasteiger partial charge in [0.2, 0.25) is 5.95 Å². The minimum absolute atomic E-state index is 0.126. The summed E-state index contributed by atoms with van der Waals surface area (Å²) in [5, 5.41) is 1.00. The van der Waals surface area contributed by atoms with Gasteiger partial charge in [-0.3, -0.25) is 4.79 Å². The number of nitrogens with zero attached hydrogens (tertiary/aromatic N) is 4. The van der Waals surface area contributed by atoms with Crippen LogP contribution in [0, 0.1) is 5.92 Å². The summed E-state index contributed by atoms with van der Waals surface area (Å²) in [5.74, 6) is 1.20. The molecular weight excluding hydrogens is 330 g/mol. The Bertz CT molecular complexity index is 948. The Balaban J connectivity index is 2.21. The van der Waals surface area contributed by atoms with Crippen LogP contribution in [0.25, 0.3) is 21.9 Å². The lowest BCUT2D eigenvalue weighted by atomic mass is 10.1. The van der Waals surface area contributed by atoms with E-state index in [9.17, 15) is 4.79 Å². The highest BCUT2D eigenvalue weighted by molar-refractivity contribution is 6.07. The van der Waals surface area contributed by atoms with Crippen LogP contribution in [0.5, 0.6) is 0 Å². The smallest absolute Gasteiger partial charge is 0.325 e. The van der Waals surface area contributed by atoms with Gasteiger partial charge >= 0.3 is 5.97 Å². The highest BCUT2D eigenvalue weighted by atomic mass is 16.5. The molecule has 1 aromatic carbocycles. The first-order valence-electron chi connectivity index (χ1n) is 8.83. The van der Waals surface area contributed by atoms with Crippen LogP contribution < -0.4 is 10.6 Å². The molecule has 7 nitrogen and oxygen atoms in total. The van der Waals surface area contributed by atoms with Crippen LogP contribution in [-0.2, 0) is 16.1 Å². The molecule has 0 saturated heterocycles. The van der Waals surface area contributed by atoms with Crippen LogP contribution in [0.2, 0.25) is 0 Å². The molecule has 0 radical (unpaired) electrons. The molecule has 138 valence electrons. The van der Waals surface area contributed by atoms with E-state index in [1.807, 2.05) is 31.3 Å². The molecular formula is C19H25N5O2. The monoisotopic (exact) mass is 355 g/mol. The van der Waals surface area contributed by atoms with Gasteiger partial charge < -0.3 is 19.9 Å². The predicted molar refractivity (Wildman–Crippen MR) is 104 cm³/mol. The first-order valence-corrected chi connectivity index (χ1v) is 8.83. The molecule has 0 fully saturated rings. The standard InChI is InChI=1S/C19H25N5O2/c1-5-26-15(25)11-23(4)19-22-16-17(24(19)10-12(2)3)13-8-6-7-9-14(13)21-18(16)20/h6-9,12H,5,10-11H2,1-4H3,(H2,20,21). The summed E-state index contributed by atoms with van der Waals surface area (Å²) in [5.41, 5.74) is 8.64. The predicted octanol–water partition coefficient (Wildman–Crippen LogP) is 2.82. The van der Waals surface area contributed by atoms with Gasteiger partial charge in [-0.15, -0.1) is 0 Å². The SMILES string of the molecule is CCOC(=O)CN(C)c1nc2c(N)nc3ccccc3c2n1CC(C)C. The zero-order valence-corrected chi connectivity index (χ0v) is 15.7. The summed E-state index contributed by atoms with van der Waals surface area (Å²) in [4.78, 5) is 22.9. The lowest BCUT2D eigenvalue weighted by Crippen LogP contribution is -2.29. The van der Waals surface area contributed by atoms with Gasteiger partial charge in [0.25, 0.3) is 0 Å². The molecule has 0 saturated carbocycles. The summed E-state index contributed by atoms with van der Waals surface area (Å²) in [6.07, 6.45) is 0. The van der Waals surface area contributed by atoms with Crippen molar-refractivity contribution in [2.24, 2.45) is 5.92 Å². The molecule has 7 heteroatoms. The minimum Gasteiger partial charge on any atom is -0.465 e. The first kappa shape index (κ1) is 18.0. The number of aromatic nitrogens is 3. The number of anilines is 2. The Morgan fingerprint density at radius 2 is 2.04 bits per heavy atom. The van der Waals surface area contributed by atoms with Gasteiger partial charge in [-0.1, -0.05) is 32.0 Å². The zero-order valence-electron chi connectivity index (χ0n) is 15.7. The average molecular weight is 355 g/mol. The van der Waals surface area contributed by atoms with Crippen molar-refractivity contribution in [3.8, 4) is 0 Å². The normalized spacial score (nSPS) is 11.4. The van der Waals surface area contributed by atoms with Crippen molar-refractivity contribution in [3.63, 3.8) is 0 Å². The van der Waals surface area contributed by atoms with Crippen LogP contribution in [0.15, 0.2) is 24.3 Å². The summed E-state index contributed by atoms with van der Waals surface area (Å²) in [6, 6.07) is 7.89. The number of ether oxygens (including phenoxy) is 1. The minimum atomic E-state index is -0.283. The van der Waals surface area contributed by atoms with Crippen LogP contribution in [0.4, 0.5) is 11.8 Å². The number of rotatable bonds is 6. The number of para-hydroxylation sites is 1. The number of benzene rings is 1. The van der Waals surface area contributed by atoms with E-state index < -0.39 is 0 Å². The van der Waals surface area contributed by atoms with E-state index in [0.717, 1.165) is 23.0 Å². The summed E-state index contributed by atoms with van der Waals surface area (Å²) >= 11 is 0. The number of imidazole rings is 1. The molecule has 0 atom stereocenters. The van der Waals surface area contributed by atoms with Gasteiger partial charge in [-0.2, -0.15) is 0 Å². The third-order valence-corrected chi connectivity index (χ3v) is 4.15. The van der Waals surface area contributed by atoms with Crippen molar-refractivity contribution in [2.45, 2.75) is 27.3 Å². The molecule has 0 aliphatic heterocycles. The van der Waals surface area contributed by atoms with Crippen LogP contribution >= 0.6 is 0 Å². The Morgan fingerprint density at radius 1 is 1.31 bits per heavy atom. The Morgan fingerprint density at radius 3 is 2.73 bits per heavy atom. The van der Waals surface area contributed by atoms with Gasteiger partial charge in [0.15, 0.2) is 5.82 Å². The van der Waals surface area contributed by atoms with Crippen molar-refractivity contribution < 1.29 is 9.53 Å². The van der Waals surface area contributed by atoms with Crippen molar-refractivity contribution >= 4 is 39.7 Å². The molecule has 2 heterocycles. The molecule has 0 amide bonds. The summed E-state index contributed by atoms with van der Waals surface area (Å²) < 4.78 is 7.19. The molecule has 0 unspecified atom stereocenters. The second-order valence-corrected chi connectivity index (χ2v) is 6.79. The molecule has 0 spiro atoms. The quantitative estimate of drug-likeness (QED) is 0.684. The highest BCUT2D eigenvalue weighted by Crippen LogP contribution is 2.32. The van der Waals surface area contributed by atoms with E-state index in [1.54, 1.807) is 11.8 Å². The second-order valence-electron chi connectivity index (χ2n) is 6.79. The lowest BCUT2D eigenvalue weighted by molar-refractivity contribution is -0.141. The first-order chi connectivity index (χ1) is 12.4. The summed E-state index contributed by atoms with van der Waals surface area (Å²) in [6.45, 7) is 7.33. The maximum Gasteiger partial charge on any atom is 0.325 e. The van der Waals surface area contributed by atoms with Gasteiger partial charge in [0.05, 0.1) is 17.6 Å². The highest BCUT2D eigenvalue weighted by Gasteiger charge is 2.21. The number of carbonyl (C=O) groups excluding carboxylic acids is 1. The van der Waals surface area contributed by atoms with E-state index >= 15 is 0 Å². The van der Waals surface area contributed by atoms with Gasteiger partial charge in [-0.05, 0) is 18.9 Å². The number of hydrogen-bond donors (Lipinski definition) is 1. The van der Waals surface area contributed by atoms with Crippen molar-refractivity contribution in [2.75, 3.05) is 30.8 Å². The molecule has 26 heavy (non-hydrogen) atoms. The Labute approximate surface area is 152 Å². The maximum absolute atomic E-state index is 11.9. The Kier molecular flexibility index (Phi) is 4.97. The largest absolute Gasteiger partial charge is 0.465 e. The fraction of sp³-hybridized carbons (Fsp3) is 0.421. The fourth-order valence-electron chi connectivity index (χ4n) is 3.15. The van der Waals surface area contributed by atoms with Gasteiger partial charge in [-0.25, -0.2) is 9.97 Å². The van der Waals surface area contributed by atoms with E-state index in [4.69, 9.17) is 15.5 Å². The van der Waals surface area contributed by atoms with Crippen molar-refractivity contribution in [1.82, 2.24) is 14.5 Å². The second kappa shape index (κ2) is 7.19. The van der Waals surface area contributed by atoms with Crippen molar-refractivity contribution in [3.05, 3.63) is 24.3 Å². The molecule has 2 N–H and O–H groups in total. The molecule has 3 aromatic rings. The number of esters is 1. The Hall–Kier alpha value is -2.83. The molecule has 0 aliphatic carbocycles. The van der Waals surface area contributed by atoms with Gasteiger partial charge in [0.1, 0.15) is 12.1 Å². The number of fused-ring (bicyclic) bond motifs is 3. The summed E-state index contributed by atoms with van der Waals surface area (Å²) in [7, 11) is 1.83. The van der Waals surface area contributed by atoms with E-state index in [-0.39, 0.29) is 12.5 Å². The lowest BCUT2D eigenvalue weighted by Gasteiger charge is -2.20. The molecule has 2 aromatic heterocycles. The van der Waals surface area contributed by atoms with E-state index in [0.29, 0.717) is 29.8 Å². The maximum atomic E-state index is 11.9. The van der Waals surface area contributed by atoms with Crippen LogP contribution in [-0.4, -0.2) is 40.7 Å². The number of hydrogen-bond acceptors (Lipinski definition) is 6. The van der Waals surface area contributed by atoms with Crippen molar-refractivity contribution in [1.29, 1.82) is 0 Å². The number of carbonyl (C=O) groups is 1. The third kappa shape index (κ3) is 3.29. The number of nitrogen functional groups attached to an aromatic ring is 1. The zero-order chi connectivity index (χ0) is 18.8. The number of pyridine rings is 1. The number of nitrogens with two attached hydrogens (primary N) is 1. The molecule has 0 aliphatic rings. The molecule has 0 bridgehead atoms. The van der Waals surface area contributed by atoms with Crippen LogP contribution in [0.1, 0.15) is 20.8 Å². The molecule has 3 rings (SSSR count).